The van der Waals surface area contributed by atoms with E-state index in [1.165, 1.54) is 0 Å². The smallest absolute Gasteiger partial charge is 0.220 e. The van der Waals surface area contributed by atoms with E-state index < -0.39 is 18.4 Å². The lowest BCUT2D eigenvalue weighted by molar-refractivity contribution is -0.128. The molecule has 2 aromatic rings. The van der Waals surface area contributed by atoms with Crippen molar-refractivity contribution < 1.29 is 13.2 Å². The molecule has 1 aromatic heterocycles. The van der Waals surface area contributed by atoms with Gasteiger partial charge >= 0.3 is 6.18 Å². The second-order valence-electron chi connectivity index (χ2n) is 3.75. The maximum Gasteiger partial charge on any atom is 0.396 e. The molecule has 0 saturated carbocycles. The molecule has 7 heteroatoms. The summed E-state index contributed by atoms with van der Waals surface area (Å²) in [6.07, 6.45) is -5.66. The van der Waals surface area contributed by atoms with Crippen molar-refractivity contribution in [1.29, 1.82) is 0 Å². The fourth-order valence-corrected chi connectivity index (χ4v) is 2.19. The Hall–Kier alpha value is -1.33. The molecule has 0 bridgehead atoms. The van der Waals surface area contributed by atoms with Gasteiger partial charge in [0, 0.05) is 0 Å². The minimum atomic E-state index is -4.40. The van der Waals surface area contributed by atoms with Gasteiger partial charge in [-0.05, 0) is 5.56 Å². The van der Waals surface area contributed by atoms with Crippen LogP contribution in [0.25, 0.3) is 11.1 Å². The zero-order valence-corrected chi connectivity index (χ0v) is 10.9. The van der Waals surface area contributed by atoms with E-state index in [1.54, 1.807) is 30.3 Å². The van der Waals surface area contributed by atoms with Gasteiger partial charge in [0.2, 0.25) is 0 Å². The average molecular weight is 307 g/mol. The molecular formula is C12H7Cl2F3N2. The van der Waals surface area contributed by atoms with Crippen LogP contribution in [-0.2, 0) is 6.42 Å². The molecule has 0 unspecified atom stereocenters. The monoisotopic (exact) mass is 306 g/mol. The molecule has 0 aliphatic rings. The van der Waals surface area contributed by atoms with Crippen LogP contribution in [0.1, 0.15) is 5.82 Å². The Kier molecular flexibility index (Phi) is 3.96. The predicted octanol–water partition coefficient (Wildman–Crippen LogP) is 4.56. The number of benzene rings is 1. The Labute approximate surface area is 117 Å². The lowest BCUT2D eigenvalue weighted by Gasteiger charge is -2.09. The van der Waals surface area contributed by atoms with Crippen LogP contribution in [0.4, 0.5) is 13.2 Å². The number of halogens is 5. The minimum absolute atomic E-state index is 0.0922. The summed E-state index contributed by atoms with van der Waals surface area (Å²) in [5.41, 5.74) is 0.978. The van der Waals surface area contributed by atoms with E-state index in [2.05, 4.69) is 9.97 Å². The third-order valence-electron chi connectivity index (χ3n) is 2.29. The predicted molar refractivity (Wildman–Crippen MR) is 67.2 cm³/mol. The quantitative estimate of drug-likeness (QED) is 0.760. The highest BCUT2D eigenvalue weighted by Gasteiger charge is 2.30. The van der Waals surface area contributed by atoms with E-state index in [0.717, 1.165) is 0 Å². The summed E-state index contributed by atoms with van der Waals surface area (Å²) >= 11 is 11.8. The molecule has 0 saturated heterocycles. The molecule has 0 atom stereocenters. The second kappa shape index (κ2) is 5.35. The van der Waals surface area contributed by atoms with Crippen molar-refractivity contribution in [2.24, 2.45) is 0 Å². The van der Waals surface area contributed by atoms with Gasteiger partial charge in [0.05, 0.1) is 5.56 Å². The molecule has 0 amide bonds. The Morgan fingerprint density at radius 3 is 1.95 bits per heavy atom. The normalized spacial score (nSPS) is 11.6. The lowest BCUT2D eigenvalue weighted by atomic mass is 10.1. The van der Waals surface area contributed by atoms with Crippen LogP contribution in [-0.4, -0.2) is 16.1 Å². The van der Waals surface area contributed by atoms with Crippen LogP contribution in [0.3, 0.4) is 0 Å². The fraction of sp³-hybridized carbons (Fsp3) is 0.167. The molecule has 19 heavy (non-hydrogen) atoms. The number of rotatable bonds is 2. The highest BCUT2D eigenvalue weighted by molar-refractivity contribution is 6.37. The first kappa shape index (κ1) is 14.1. The van der Waals surface area contributed by atoms with Crippen LogP contribution in [0.2, 0.25) is 10.3 Å². The van der Waals surface area contributed by atoms with E-state index in [1.807, 2.05) is 0 Å². The molecule has 0 radical (unpaired) electrons. The number of alkyl halides is 3. The lowest BCUT2D eigenvalue weighted by Crippen LogP contribution is -2.14. The molecule has 1 aromatic carbocycles. The summed E-state index contributed by atoms with van der Waals surface area (Å²) < 4.78 is 36.8. The number of hydrogen-bond acceptors (Lipinski definition) is 2. The van der Waals surface area contributed by atoms with Crippen molar-refractivity contribution in [2.45, 2.75) is 12.6 Å². The van der Waals surface area contributed by atoms with Gasteiger partial charge in [-0.15, -0.1) is 0 Å². The summed E-state index contributed by atoms with van der Waals surface area (Å²) in [5, 5.41) is -0.184. The molecule has 0 aliphatic carbocycles. The zero-order valence-electron chi connectivity index (χ0n) is 9.38. The van der Waals surface area contributed by atoms with E-state index in [4.69, 9.17) is 23.2 Å². The summed E-state index contributed by atoms with van der Waals surface area (Å²) in [6, 6.07) is 8.75. The Bertz CT molecular complexity index is 562. The largest absolute Gasteiger partial charge is 0.396 e. The fourth-order valence-electron chi connectivity index (χ4n) is 1.55. The van der Waals surface area contributed by atoms with Gasteiger partial charge in [-0.1, -0.05) is 53.5 Å². The average Bonchev–Trinajstić information content (AvgIpc) is 2.27. The molecule has 0 N–H and O–H groups in total. The number of nitrogens with zero attached hydrogens (tertiary/aromatic N) is 2. The van der Waals surface area contributed by atoms with Crippen LogP contribution in [0, 0.1) is 0 Å². The maximum absolute atomic E-state index is 12.3. The van der Waals surface area contributed by atoms with Gasteiger partial charge in [0.25, 0.3) is 0 Å². The van der Waals surface area contributed by atoms with Crippen LogP contribution < -0.4 is 0 Å². The molecule has 1 heterocycles. The van der Waals surface area contributed by atoms with Gasteiger partial charge in [-0.2, -0.15) is 13.2 Å². The number of aromatic nitrogens is 2. The first-order chi connectivity index (χ1) is 8.87. The van der Waals surface area contributed by atoms with Crippen molar-refractivity contribution in [3.63, 3.8) is 0 Å². The summed E-state index contributed by atoms with van der Waals surface area (Å²) in [5.74, 6) is -0.442. The second-order valence-corrected chi connectivity index (χ2v) is 4.47. The van der Waals surface area contributed by atoms with E-state index in [-0.39, 0.29) is 10.3 Å². The third kappa shape index (κ3) is 3.58. The minimum Gasteiger partial charge on any atom is -0.220 e. The van der Waals surface area contributed by atoms with Crippen molar-refractivity contribution in [1.82, 2.24) is 9.97 Å². The molecule has 100 valence electrons. The van der Waals surface area contributed by atoms with Gasteiger partial charge in [0.15, 0.2) is 0 Å². The van der Waals surface area contributed by atoms with Gasteiger partial charge in [-0.3, -0.25) is 0 Å². The Balaban J connectivity index is 2.44. The van der Waals surface area contributed by atoms with E-state index >= 15 is 0 Å². The van der Waals surface area contributed by atoms with Crippen molar-refractivity contribution >= 4 is 23.2 Å². The molecule has 2 nitrogen and oxygen atoms in total. The van der Waals surface area contributed by atoms with Crippen molar-refractivity contribution in [2.75, 3.05) is 0 Å². The molecule has 0 aliphatic heterocycles. The van der Waals surface area contributed by atoms with Crippen LogP contribution in [0.5, 0.6) is 0 Å². The Morgan fingerprint density at radius 2 is 1.47 bits per heavy atom. The molecular weight excluding hydrogens is 300 g/mol. The first-order valence-electron chi connectivity index (χ1n) is 5.21. The SMILES string of the molecule is FC(F)(F)Cc1nc(Cl)c(-c2ccccc2)c(Cl)n1. The van der Waals surface area contributed by atoms with Crippen LogP contribution >= 0.6 is 23.2 Å². The summed E-state index contributed by atoms with van der Waals surface area (Å²) in [4.78, 5) is 7.29. The number of hydrogen-bond donors (Lipinski definition) is 0. The molecule has 0 spiro atoms. The van der Waals surface area contributed by atoms with E-state index in [9.17, 15) is 13.2 Å². The zero-order chi connectivity index (χ0) is 14.0. The maximum atomic E-state index is 12.3. The highest BCUT2D eigenvalue weighted by atomic mass is 35.5. The topological polar surface area (TPSA) is 25.8 Å². The summed E-state index contributed by atoms with van der Waals surface area (Å²) in [7, 11) is 0. The van der Waals surface area contributed by atoms with Crippen molar-refractivity contribution in [3.8, 4) is 11.1 Å². The first-order valence-corrected chi connectivity index (χ1v) is 5.96. The van der Waals surface area contributed by atoms with Gasteiger partial charge in [0.1, 0.15) is 22.6 Å². The van der Waals surface area contributed by atoms with Gasteiger partial charge < -0.3 is 0 Å². The molecule has 0 fully saturated rings. The van der Waals surface area contributed by atoms with Crippen LogP contribution in [0.15, 0.2) is 30.3 Å². The van der Waals surface area contributed by atoms with Gasteiger partial charge in [-0.25, -0.2) is 9.97 Å². The third-order valence-corrected chi connectivity index (χ3v) is 2.84. The standard InChI is InChI=1S/C12H7Cl2F3N2/c13-10-9(7-4-2-1-3-5-7)11(14)19-8(18-10)6-12(15,16)17/h1-5H,6H2. The Morgan fingerprint density at radius 1 is 0.947 bits per heavy atom. The van der Waals surface area contributed by atoms with Crippen molar-refractivity contribution in [3.05, 3.63) is 46.5 Å². The highest BCUT2D eigenvalue weighted by Crippen LogP contribution is 2.33. The van der Waals surface area contributed by atoms with E-state index in [0.29, 0.717) is 11.1 Å². The molecule has 2 rings (SSSR count). The summed E-state index contributed by atoms with van der Waals surface area (Å²) in [6.45, 7) is 0.